The highest BCUT2D eigenvalue weighted by molar-refractivity contribution is 7.09. The summed E-state index contributed by atoms with van der Waals surface area (Å²) in [4.78, 5) is 24.9. The van der Waals surface area contributed by atoms with Crippen molar-refractivity contribution in [2.75, 3.05) is 31.1 Å². The molecular formula is C15H20N6OS. The van der Waals surface area contributed by atoms with E-state index in [1.165, 1.54) is 11.5 Å². The number of aromatic nitrogens is 3. The van der Waals surface area contributed by atoms with Crippen LogP contribution in [0.1, 0.15) is 17.8 Å². The average Bonchev–Trinajstić information content (AvgIpc) is 2.86. The van der Waals surface area contributed by atoms with Gasteiger partial charge in [-0.15, -0.1) is 0 Å². The summed E-state index contributed by atoms with van der Waals surface area (Å²) in [5.74, 6) is 0.806. The molecule has 0 aromatic carbocycles. The molecule has 2 amide bonds. The van der Waals surface area contributed by atoms with Crippen LogP contribution in [0.2, 0.25) is 0 Å². The fourth-order valence-corrected chi connectivity index (χ4v) is 3.24. The van der Waals surface area contributed by atoms with Gasteiger partial charge in [0.25, 0.3) is 0 Å². The average molecular weight is 332 g/mol. The highest BCUT2D eigenvalue weighted by Gasteiger charge is 2.20. The molecule has 0 aliphatic carbocycles. The molecule has 0 saturated carbocycles. The van der Waals surface area contributed by atoms with Gasteiger partial charge in [-0.3, -0.25) is 4.98 Å². The summed E-state index contributed by atoms with van der Waals surface area (Å²) in [7, 11) is 0. The fourth-order valence-electron chi connectivity index (χ4n) is 2.52. The summed E-state index contributed by atoms with van der Waals surface area (Å²) in [5, 5.41) is 3.90. The van der Waals surface area contributed by atoms with Crippen molar-refractivity contribution in [3.63, 3.8) is 0 Å². The summed E-state index contributed by atoms with van der Waals surface area (Å²) in [6.07, 6.45) is 4.42. The van der Waals surface area contributed by atoms with E-state index >= 15 is 0 Å². The Bertz CT molecular complexity index is 646. The van der Waals surface area contributed by atoms with E-state index in [4.69, 9.17) is 0 Å². The molecule has 2 aromatic rings. The molecule has 122 valence electrons. The minimum absolute atomic E-state index is 0.0239. The predicted molar refractivity (Wildman–Crippen MR) is 89.5 cm³/mol. The number of anilines is 1. The van der Waals surface area contributed by atoms with Gasteiger partial charge in [0.15, 0.2) is 0 Å². The Balaban J connectivity index is 1.52. The Hall–Kier alpha value is -2.22. The van der Waals surface area contributed by atoms with E-state index < -0.39 is 0 Å². The Morgan fingerprint density at radius 3 is 3.00 bits per heavy atom. The van der Waals surface area contributed by atoms with Gasteiger partial charge in [0.05, 0.1) is 0 Å². The van der Waals surface area contributed by atoms with Crippen LogP contribution in [-0.4, -0.2) is 51.5 Å². The van der Waals surface area contributed by atoms with Gasteiger partial charge in [-0.1, -0.05) is 6.07 Å². The number of hydrogen-bond donors (Lipinski definition) is 1. The summed E-state index contributed by atoms with van der Waals surface area (Å²) < 4.78 is 4.23. The number of amides is 2. The molecule has 1 aliphatic rings. The molecule has 0 radical (unpaired) electrons. The molecule has 1 aliphatic heterocycles. The maximum atomic E-state index is 12.3. The van der Waals surface area contributed by atoms with E-state index in [2.05, 4.69) is 24.6 Å². The van der Waals surface area contributed by atoms with Crippen LogP contribution in [0.3, 0.4) is 0 Å². The molecule has 0 atom stereocenters. The minimum atomic E-state index is -0.0239. The number of nitrogens with zero attached hydrogens (tertiary/aromatic N) is 5. The van der Waals surface area contributed by atoms with Crippen LogP contribution in [0.5, 0.6) is 0 Å². The third kappa shape index (κ3) is 4.16. The van der Waals surface area contributed by atoms with Crippen LogP contribution in [0.4, 0.5) is 9.93 Å². The van der Waals surface area contributed by atoms with Crippen molar-refractivity contribution in [1.82, 2.24) is 24.6 Å². The van der Waals surface area contributed by atoms with E-state index in [0.29, 0.717) is 13.1 Å². The van der Waals surface area contributed by atoms with E-state index in [1.807, 2.05) is 24.0 Å². The van der Waals surface area contributed by atoms with Gasteiger partial charge in [-0.05, 0) is 25.0 Å². The van der Waals surface area contributed by atoms with Crippen molar-refractivity contribution in [2.24, 2.45) is 0 Å². The number of aryl methyl sites for hydroxylation is 1. The third-order valence-corrected chi connectivity index (χ3v) is 4.61. The lowest BCUT2D eigenvalue weighted by molar-refractivity contribution is 0.201. The van der Waals surface area contributed by atoms with Crippen LogP contribution in [0.15, 0.2) is 24.5 Å². The van der Waals surface area contributed by atoms with Crippen molar-refractivity contribution in [1.29, 1.82) is 0 Å². The van der Waals surface area contributed by atoms with E-state index in [9.17, 15) is 4.79 Å². The normalized spacial score (nSPS) is 15.3. The quantitative estimate of drug-likeness (QED) is 0.925. The van der Waals surface area contributed by atoms with Crippen molar-refractivity contribution in [2.45, 2.75) is 19.9 Å². The van der Waals surface area contributed by atoms with Gasteiger partial charge in [0.1, 0.15) is 5.82 Å². The third-order valence-electron chi connectivity index (χ3n) is 3.74. The topological polar surface area (TPSA) is 74.2 Å². The Morgan fingerprint density at radius 1 is 1.35 bits per heavy atom. The van der Waals surface area contributed by atoms with Crippen molar-refractivity contribution < 1.29 is 4.79 Å². The summed E-state index contributed by atoms with van der Waals surface area (Å²) in [6, 6.07) is 3.80. The summed E-state index contributed by atoms with van der Waals surface area (Å²) in [5.41, 5.74) is 1.00. The molecule has 0 spiro atoms. The van der Waals surface area contributed by atoms with E-state index in [-0.39, 0.29) is 6.03 Å². The summed E-state index contributed by atoms with van der Waals surface area (Å²) >= 11 is 1.42. The second kappa shape index (κ2) is 7.36. The second-order valence-corrected chi connectivity index (χ2v) is 6.20. The largest absolute Gasteiger partial charge is 0.345 e. The maximum absolute atomic E-state index is 12.3. The number of carbonyl (C=O) groups excluding carboxylic acids is 1. The minimum Gasteiger partial charge on any atom is -0.345 e. The van der Waals surface area contributed by atoms with Crippen LogP contribution < -0.4 is 10.2 Å². The number of urea groups is 1. The lowest BCUT2D eigenvalue weighted by Gasteiger charge is -2.21. The Kier molecular flexibility index (Phi) is 5.02. The van der Waals surface area contributed by atoms with Gasteiger partial charge in [0, 0.05) is 56.6 Å². The molecule has 23 heavy (non-hydrogen) atoms. The van der Waals surface area contributed by atoms with Crippen LogP contribution in [0, 0.1) is 6.92 Å². The first-order valence-corrected chi connectivity index (χ1v) is 8.46. The van der Waals surface area contributed by atoms with Gasteiger partial charge >= 0.3 is 6.03 Å². The number of hydrogen-bond acceptors (Lipinski definition) is 6. The van der Waals surface area contributed by atoms with Crippen LogP contribution in [-0.2, 0) is 6.54 Å². The van der Waals surface area contributed by atoms with Crippen LogP contribution >= 0.6 is 11.5 Å². The first kappa shape index (κ1) is 15.7. The van der Waals surface area contributed by atoms with Gasteiger partial charge in [-0.2, -0.15) is 4.37 Å². The first-order valence-electron chi connectivity index (χ1n) is 7.69. The maximum Gasteiger partial charge on any atom is 0.317 e. The molecule has 2 aromatic heterocycles. The lowest BCUT2D eigenvalue weighted by Crippen LogP contribution is -2.41. The zero-order chi connectivity index (χ0) is 16.1. The monoisotopic (exact) mass is 332 g/mol. The second-order valence-electron chi connectivity index (χ2n) is 5.47. The van der Waals surface area contributed by atoms with E-state index in [0.717, 1.165) is 42.6 Å². The molecule has 0 unspecified atom stereocenters. The highest BCUT2D eigenvalue weighted by Crippen LogP contribution is 2.18. The van der Waals surface area contributed by atoms with Gasteiger partial charge in [0.2, 0.25) is 5.13 Å². The fraction of sp³-hybridized carbons (Fsp3) is 0.467. The Morgan fingerprint density at radius 2 is 2.26 bits per heavy atom. The number of carbonyl (C=O) groups is 1. The first-order chi connectivity index (χ1) is 11.2. The molecule has 3 heterocycles. The predicted octanol–water partition coefficient (Wildman–Crippen LogP) is 1.66. The molecule has 1 fully saturated rings. The molecule has 1 N–H and O–H groups in total. The number of nitrogens with one attached hydrogen (secondary N) is 1. The molecule has 8 heteroatoms. The summed E-state index contributed by atoms with van der Waals surface area (Å²) in [6.45, 7) is 5.54. The SMILES string of the molecule is Cc1nsc(N2CCCN(C(=O)NCc3cccnc3)CC2)n1. The zero-order valence-corrected chi connectivity index (χ0v) is 13.9. The number of pyridine rings is 1. The van der Waals surface area contributed by atoms with Crippen molar-refractivity contribution >= 4 is 22.7 Å². The molecule has 0 bridgehead atoms. The van der Waals surface area contributed by atoms with Gasteiger partial charge < -0.3 is 15.1 Å². The number of rotatable bonds is 3. The van der Waals surface area contributed by atoms with Crippen molar-refractivity contribution in [3.05, 3.63) is 35.9 Å². The van der Waals surface area contributed by atoms with Crippen molar-refractivity contribution in [3.8, 4) is 0 Å². The smallest absolute Gasteiger partial charge is 0.317 e. The molecule has 3 rings (SSSR count). The van der Waals surface area contributed by atoms with Crippen LogP contribution in [0.25, 0.3) is 0 Å². The standard InChI is InChI=1S/C15H20N6OS/c1-12-18-15(23-19-12)21-7-3-6-20(8-9-21)14(22)17-11-13-4-2-5-16-10-13/h2,4-5,10H,3,6-9,11H2,1H3,(H,17,22). The Labute approximate surface area is 139 Å². The zero-order valence-electron chi connectivity index (χ0n) is 13.1. The lowest BCUT2D eigenvalue weighted by atomic mass is 10.3. The molecule has 7 nitrogen and oxygen atoms in total. The molecular weight excluding hydrogens is 312 g/mol. The van der Waals surface area contributed by atoms with Gasteiger partial charge in [-0.25, -0.2) is 9.78 Å². The highest BCUT2D eigenvalue weighted by atomic mass is 32.1. The molecule has 1 saturated heterocycles. The van der Waals surface area contributed by atoms with E-state index in [1.54, 1.807) is 12.4 Å².